The highest BCUT2D eigenvalue weighted by Gasteiger charge is 2.42. The minimum atomic E-state index is -0.720. The number of ether oxygens (including phenoxy) is 1. The Labute approximate surface area is 153 Å². The summed E-state index contributed by atoms with van der Waals surface area (Å²) in [6.07, 6.45) is 3.19. The topological polar surface area (TPSA) is 63.6 Å². The van der Waals surface area contributed by atoms with Gasteiger partial charge < -0.3 is 19.5 Å². The second-order valence-electron chi connectivity index (χ2n) is 6.69. The van der Waals surface area contributed by atoms with Crippen LogP contribution in [0.3, 0.4) is 0 Å². The van der Waals surface area contributed by atoms with Crippen LogP contribution in [-0.4, -0.2) is 46.6 Å². The molecule has 1 aliphatic rings. The van der Waals surface area contributed by atoms with Crippen molar-refractivity contribution in [1.82, 2.24) is 14.8 Å². The van der Waals surface area contributed by atoms with Gasteiger partial charge in [-0.2, -0.15) is 0 Å². The van der Waals surface area contributed by atoms with Crippen molar-refractivity contribution in [3.8, 4) is 0 Å². The van der Waals surface area contributed by atoms with Crippen molar-refractivity contribution in [3.63, 3.8) is 0 Å². The highest BCUT2D eigenvalue weighted by Crippen LogP contribution is 2.32. The molecule has 0 bridgehead atoms. The van der Waals surface area contributed by atoms with E-state index in [2.05, 4.69) is 5.32 Å². The van der Waals surface area contributed by atoms with E-state index in [0.717, 1.165) is 5.56 Å². The fourth-order valence-corrected chi connectivity index (χ4v) is 3.37. The van der Waals surface area contributed by atoms with Crippen molar-refractivity contribution in [2.45, 2.75) is 38.6 Å². The smallest absolute Gasteiger partial charge is 0.251 e. The summed E-state index contributed by atoms with van der Waals surface area (Å²) in [6, 6.07) is 13.1. The van der Waals surface area contributed by atoms with Crippen LogP contribution in [0, 0.1) is 0 Å². The van der Waals surface area contributed by atoms with E-state index in [1.807, 2.05) is 73.3 Å². The normalized spacial score (nSPS) is 20.4. The molecule has 2 amide bonds. The molecule has 1 aromatic carbocycles. The van der Waals surface area contributed by atoms with Crippen LogP contribution in [0.1, 0.15) is 25.5 Å². The number of benzene rings is 1. The first-order valence-electron chi connectivity index (χ1n) is 8.94. The third-order valence-electron chi connectivity index (χ3n) is 4.55. The number of carbonyl (C=O) groups is 2. The van der Waals surface area contributed by atoms with Crippen LogP contribution in [0.5, 0.6) is 0 Å². The van der Waals surface area contributed by atoms with Crippen LogP contribution in [0.4, 0.5) is 0 Å². The molecule has 2 heterocycles. The molecular weight excluding hydrogens is 330 g/mol. The van der Waals surface area contributed by atoms with E-state index in [4.69, 9.17) is 4.74 Å². The van der Waals surface area contributed by atoms with Gasteiger partial charge in [0, 0.05) is 31.5 Å². The van der Waals surface area contributed by atoms with Crippen LogP contribution in [0.15, 0.2) is 54.9 Å². The lowest BCUT2D eigenvalue weighted by molar-refractivity contribution is -0.167. The second kappa shape index (κ2) is 8.19. The Morgan fingerprint density at radius 3 is 2.54 bits per heavy atom. The molecule has 26 heavy (non-hydrogen) atoms. The first-order valence-corrected chi connectivity index (χ1v) is 8.94. The van der Waals surface area contributed by atoms with Crippen molar-refractivity contribution in [3.05, 3.63) is 60.4 Å². The largest absolute Gasteiger partial charge is 0.356 e. The average molecular weight is 355 g/mol. The summed E-state index contributed by atoms with van der Waals surface area (Å²) in [4.78, 5) is 27.0. The molecule has 2 aromatic rings. The van der Waals surface area contributed by atoms with Gasteiger partial charge in [-0.05, 0) is 31.5 Å². The number of hydrogen-bond acceptors (Lipinski definition) is 3. The van der Waals surface area contributed by atoms with Crippen LogP contribution in [0.25, 0.3) is 0 Å². The Bertz CT molecular complexity index is 728. The van der Waals surface area contributed by atoms with Crippen LogP contribution in [0.2, 0.25) is 0 Å². The fraction of sp³-hybridized carbons (Fsp3) is 0.400. The number of rotatable bonds is 6. The molecule has 6 nitrogen and oxygen atoms in total. The molecule has 1 saturated heterocycles. The van der Waals surface area contributed by atoms with Gasteiger partial charge in [0.15, 0.2) is 6.10 Å². The number of nitrogens with one attached hydrogen (secondary N) is 1. The fourth-order valence-electron chi connectivity index (χ4n) is 3.37. The molecule has 1 N–H and O–H groups in total. The summed E-state index contributed by atoms with van der Waals surface area (Å²) in [7, 11) is 0. The molecule has 1 aromatic heterocycles. The number of hydrogen-bond donors (Lipinski definition) is 1. The summed E-state index contributed by atoms with van der Waals surface area (Å²) in [5, 5.41) is 2.94. The SMILES string of the molecule is CC(C)N1C(=O)CO[C@H](C(=O)NCCn2cccc2)[C@H]1c1ccccc1. The van der Waals surface area contributed by atoms with Crippen molar-refractivity contribution in [2.24, 2.45) is 0 Å². The van der Waals surface area contributed by atoms with Crippen molar-refractivity contribution in [1.29, 1.82) is 0 Å². The van der Waals surface area contributed by atoms with Crippen LogP contribution < -0.4 is 5.32 Å². The highest BCUT2D eigenvalue weighted by atomic mass is 16.5. The molecule has 1 fully saturated rings. The molecule has 0 aliphatic carbocycles. The summed E-state index contributed by atoms with van der Waals surface area (Å²) >= 11 is 0. The number of carbonyl (C=O) groups excluding carboxylic acids is 2. The number of aromatic nitrogens is 1. The quantitative estimate of drug-likeness (QED) is 0.862. The van der Waals surface area contributed by atoms with Crippen LogP contribution >= 0.6 is 0 Å². The maximum atomic E-state index is 12.8. The standard InChI is InChI=1S/C20H25N3O3/c1-15(2)23-17(24)14-26-19(18(23)16-8-4-3-5-9-16)20(25)21-10-13-22-11-6-7-12-22/h3-9,11-12,15,18-19H,10,13-14H2,1-2H3,(H,21,25)/t18-,19+/m1/s1. The lowest BCUT2D eigenvalue weighted by Gasteiger charge is -2.42. The number of nitrogens with zero attached hydrogens (tertiary/aromatic N) is 2. The van der Waals surface area contributed by atoms with E-state index in [1.54, 1.807) is 4.90 Å². The second-order valence-corrected chi connectivity index (χ2v) is 6.69. The number of amides is 2. The van der Waals surface area contributed by atoms with Gasteiger partial charge in [-0.1, -0.05) is 30.3 Å². The average Bonchev–Trinajstić information content (AvgIpc) is 3.15. The minimum absolute atomic E-state index is 0.0215. The zero-order chi connectivity index (χ0) is 18.5. The van der Waals surface area contributed by atoms with Gasteiger partial charge in [-0.3, -0.25) is 9.59 Å². The molecule has 2 atom stereocenters. The zero-order valence-corrected chi connectivity index (χ0v) is 15.2. The Morgan fingerprint density at radius 2 is 1.88 bits per heavy atom. The molecule has 0 radical (unpaired) electrons. The first kappa shape index (κ1) is 18.2. The lowest BCUT2D eigenvalue weighted by atomic mass is 9.96. The Hall–Kier alpha value is -2.60. The molecule has 6 heteroatoms. The third kappa shape index (κ3) is 3.96. The van der Waals surface area contributed by atoms with Gasteiger partial charge in [-0.15, -0.1) is 0 Å². The molecule has 1 aliphatic heterocycles. The molecule has 138 valence electrons. The maximum absolute atomic E-state index is 12.8. The predicted octanol–water partition coefficient (Wildman–Crippen LogP) is 1.98. The van der Waals surface area contributed by atoms with E-state index in [9.17, 15) is 9.59 Å². The highest BCUT2D eigenvalue weighted by molar-refractivity contribution is 5.86. The van der Waals surface area contributed by atoms with Crippen molar-refractivity contribution >= 4 is 11.8 Å². The Morgan fingerprint density at radius 1 is 1.19 bits per heavy atom. The van der Waals surface area contributed by atoms with Gasteiger partial charge in [0.25, 0.3) is 5.91 Å². The van der Waals surface area contributed by atoms with Gasteiger partial charge in [-0.25, -0.2) is 0 Å². The van der Waals surface area contributed by atoms with Gasteiger partial charge in [0.05, 0.1) is 6.04 Å². The number of morpholine rings is 1. The summed E-state index contributed by atoms with van der Waals surface area (Å²) in [5.41, 5.74) is 0.903. The van der Waals surface area contributed by atoms with E-state index in [0.29, 0.717) is 13.1 Å². The zero-order valence-electron chi connectivity index (χ0n) is 15.2. The molecule has 0 spiro atoms. The van der Waals surface area contributed by atoms with E-state index >= 15 is 0 Å². The van der Waals surface area contributed by atoms with Crippen molar-refractivity contribution < 1.29 is 14.3 Å². The Balaban J connectivity index is 1.76. The summed E-state index contributed by atoms with van der Waals surface area (Å²) in [6.45, 7) is 5.04. The minimum Gasteiger partial charge on any atom is -0.356 e. The lowest BCUT2D eigenvalue weighted by Crippen LogP contribution is -2.56. The van der Waals surface area contributed by atoms with E-state index < -0.39 is 12.1 Å². The van der Waals surface area contributed by atoms with E-state index in [-0.39, 0.29) is 24.5 Å². The van der Waals surface area contributed by atoms with Gasteiger partial charge in [0.1, 0.15) is 6.61 Å². The summed E-state index contributed by atoms with van der Waals surface area (Å²) in [5.74, 6) is -0.283. The monoisotopic (exact) mass is 355 g/mol. The van der Waals surface area contributed by atoms with Gasteiger partial charge >= 0.3 is 0 Å². The summed E-state index contributed by atoms with van der Waals surface area (Å²) < 4.78 is 7.68. The predicted molar refractivity (Wildman–Crippen MR) is 98.3 cm³/mol. The molecule has 0 unspecified atom stereocenters. The van der Waals surface area contributed by atoms with Gasteiger partial charge in [0.2, 0.25) is 5.91 Å². The molecule has 0 saturated carbocycles. The molecular formula is C20H25N3O3. The van der Waals surface area contributed by atoms with Crippen LogP contribution in [-0.2, 0) is 20.9 Å². The molecule has 3 rings (SSSR count). The maximum Gasteiger partial charge on any atom is 0.251 e. The first-order chi connectivity index (χ1) is 12.6. The Kier molecular flexibility index (Phi) is 5.73. The third-order valence-corrected chi connectivity index (χ3v) is 4.55. The van der Waals surface area contributed by atoms with Crippen molar-refractivity contribution in [2.75, 3.05) is 13.2 Å². The van der Waals surface area contributed by atoms with E-state index in [1.165, 1.54) is 0 Å².